The van der Waals surface area contributed by atoms with Crippen molar-refractivity contribution in [2.45, 2.75) is 19.5 Å². The molecule has 0 spiro atoms. The van der Waals surface area contributed by atoms with E-state index in [1.54, 1.807) is 17.2 Å². The minimum atomic E-state index is -4.84. The summed E-state index contributed by atoms with van der Waals surface area (Å²) in [6.07, 6.45) is -1.67. The van der Waals surface area contributed by atoms with E-state index in [9.17, 15) is 18.0 Å². The first-order valence-corrected chi connectivity index (χ1v) is 10.7. The number of hydrogen-bond donors (Lipinski definition) is 2. The molecule has 0 aromatic carbocycles. The summed E-state index contributed by atoms with van der Waals surface area (Å²) in [4.78, 5) is 37.6. The molecule has 2 N–H and O–H groups in total. The predicted octanol–water partition coefficient (Wildman–Crippen LogP) is 2.19. The van der Waals surface area contributed by atoms with E-state index in [0.29, 0.717) is 39.3 Å². The highest BCUT2D eigenvalue weighted by molar-refractivity contribution is 5.86. The van der Waals surface area contributed by atoms with Gasteiger partial charge in [-0.25, -0.2) is 9.97 Å². The van der Waals surface area contributed by atoms with Gasteiger partial charge in [-0.05, 0) is 12.1 Å². The van der Waals surface area contributed by atoms with Gasteiger partial charge in [0.1, 0.15) is 0 Å². The second-order valence-electron chi connectivity index (χ2n) is 7.51. The van der Waals surface area contributed by atoms with E-state index >= 15 is 0 Å². The topological polar surface area (TPSA) is 131 Å². The third kappa shape index (κ3) is 6.35. The van der Waals surface area contributed by atoms with Gasteiger partial charge in [0.25, 0.3) is 0 Å². The molecule has 4 heterocycles. The van der Waals surface area contributed by atoms with Crippen LogP contribution in [0.25, 0.3) is 11.4 Å². The molecule has 35 heavy (non-hydrogen) atoms. The molecular weight excluding hydrogens is 467 g/mol. The first kappa shape index (κ1) is 24.2. The Bertz CT molecular complexity index is 1170. The van der Waals surface area contributed by atoms with E-state index in [1.807, 2.05) is 12.1 Å². The molecule has 0 saturated carbocycles. The predicted molar refractivity (Wildman–Crippen MR) is 120 cm³/mol. The zero-order valence-electron chi connectivity index (χ0n) is 18.7. The smallest absolute Gasteiger partial charge is 0.378 e. The standard InChI is InChI=1S/C21H22F3N9O2/c1-13(34)28-19-27-12-15(16(29-19)21(22,23)24)17-30-18(26-7-5-14-4-2-3-6-25-14)32-20(31-17)33-8-10-35-11-9-33/h2-4,6,12H,5,7-11H2,1H3,(H,26,30,31,32)(H,27,28,29,34). The summed E-state index contributed by atoms with van der Waals surface area (Å²) in [5.41, 5.74) is -0.866. The molecule has 3 aromatic heterocycles. The van der Waals surface area contributed by atoms with Crippen LogP contribution in [-0.2, 0) is 22.1 Å². The number of nitrogens with zero attached hydrogens (tertiary/aromatic N) is 7. The maximum atomic E-state index is 13.9. The van der Waals surface area contributed by atoms with Gasteiger partial charge in [-0.3, -0.25) is 15.1 Å². The van der Waals surface area contributed by atoms with E-state index in [2.05, 4.69) is 40.5 Å². The molecule has 0 unspecified atom stereocenters. The highest BCUT2D eigenvalue weighted by Gasteiger charge is 2.38. The maximum Gasteiger partial charge on any atom is 0.434 e. The lowest BCUT2D eigenvalue weighted by atomic mass is 10.2. The molecule has 1 fully saturated rings. The van der Waals surface area contributed by atoms with Crippen molar-refractivity contribution in [2.24, 2.45) is 0 Å². The third-order valence-corrected chi connectivity index (χ3v) is 4.89. The lowest BCUT2D eigenvalue weighted by Crippen LogP contribution is -2.37. The van der Waals surface area contributed by atoms with Gasteiger partial charge in [0.05, 0.1) is 18.8 Å². The average molecular weight is 489 g/mol. The minimum absolute atomic E-state index is 0.103. The van der Waals surface area contributed by atoms with E-state index < -0.39 is 29.3 Å². The molecule has 184 valence electrons. The molecule has 1 aliphatic heterocycles. The quantitative estimate of drug-likeness (QED) is 0.509. The Hall–Kier alpha value is -3.94. The number of anilines is 3. The van der Waals surface area contributed by atoms with Crippen LogP contribution in [0.1, 0.15) is 18.3 Å². The van der Waals surface area contributed by atoms with Crippen LogP contribution in [-0.4, -0.2) is 68.7 Å². The number of pyridine rings is 1. The van der Waals surface area contributed by atoms with Crippen molar-refractivity contribution in [1.29, 1.82) is 0 Å². The highest BCUT2D eigenvalue weighted by Crippen LogP contribution is 2.35. The van der Waals surface area contributed by atoms with Gasteiger partial charge < -0.3 is 15.0 Å². The fraction of sp³-hybridized carbons (Fsp3) is 0.381. The summed E-state index contributed by atoms with van der Waals surface area (Å²) in [6.45, 7) is 3.36. The van der Waals surface area contributed by atoms with E-state index in [0.717, 1.165) is 18.8 Å². The summed E-state index contributed by atoms with van der Waals surface area (Å²) < 4.78 is 47.0. The van der Waals surface area contributed by atoms with Crippen LogP contribution < -0.4 is 15.5 Å². The number of rotatable bonds is 7. The molecule has 0 bridgehead atoms. The van der Waals surface area contributed by atoms with Crippen molar-refractivity contribution in [3.05, 3.63) is 42.0 Å². The second kappa shape index (κ2) is 10.5. The lowest BCUT2D eigenvalue weighted by Gasteiger charge is -2.27. The summed E-state index contributed by atoms with van der Waals surface area (Å²) in [5, 5.41) is 5.20. The Balaban J connectivity index is 1.69. The Morgan fingerprint density at radius 2 is 1.89 bits per heavy atom. The second-order valence-corrected chi connectivity index (χ2v) is 7.51. The zero-order chi connectivity index (χ0) is 24.8. The van der Waals surface area contributed by atoms with Gasteiger partial charge in [-0.1, -0.05) is 6.07 Å². The van der Waals surface area contributed by atoms with Crippen LogP contribution in [0, 0.1) is 0 Å². The molecule has 11 nitrogen and oxygen atoms in total. The van der Waals surface area contributed by atoms with Crippen molar-refractivity contribution in [1.82, 2.24) is 29.9 Å². The summed E-state index contributed by atoms with van der Waals surface area (Å²) in [5.74, 6) is -1.00. The number of halogens is 3. The van der Waals surface area contributed by atoms with Gasteiger partial charge in [-0.2, -0.15) is 28.1 Å². The van der Waals surface area contributed by atoms with Crippen LogP contribution in [0.5, 0.6) is 0 Å². The van der Waals surface area contributed by atoms with Gasteiger partial charge in [0.15, 0.2) is 11.5 Å². The third-order valence-electron chi connectivity index (χ3n) is 4.89. The fourth-order valence-corrected chi connectivity index (χ4v) is 3.30. The van der Waals surface area contributed by atoms with Crippen molar-refractivity contribution < 1.29 is 22.7 Å². The van der Waals surface area contributed by atoms with Gasteiger partial charge in [-0.15, -0.1) is 0 Å². The molecule has 1 aliphatic rings. The molecule has 1 saturated heterocycles. The Morgan fingerprint density at radius 1 is 1.09 bits per heavy atom. The highest BCUT2D eigenvalue weighted by atomic mass is 19.4. The first-order chi connectivity index (χ1) is 16.8. The van der Waals surface area contributed by atoms with Crippen LogP contribution in [0.15, 0.2) is 30.6 Å². The molecule has 0 aliphatic carbocycles. The number of ether oxygens (including phenoxy) is 1. The van der Waals surface area contributed by atoms with Crippen LogP contribution in [0.4, 0.5) is 31.0 Å². The average Bonchev–Trinajstić information content (AvgIpc) is 2.84. The zero-order valence-corrected chi connectivity index (χ0v) is 18.7. The molecular formula is C21H22F3N9O2. The largest absolute Gasteiger partial charge is 0.434 e. The van der Waals surface area contributed by atoms with E-state index in [1.165, 1.54) is 0 Å². The summed E-state index contributed by atoms with van der Waals surface area (Å²) >= 11 is 0. The molecule has 14 heteroatoms. The summed E-state index contributed by atoms with van der Waals surface area (Å²) in [7, 11) is 0. The monoisotopic (exact) mass is 489 g/mol. The molecule has 0 radical (unpaired) electrons. The van der Waals surface area contributed by atoms with Crippen molar-refractivity contribution in [3.63, 3.8) is 0 Å². The Labute approximate surface area is 198 Å². The van der Waals surface area contributed by atoms with Crippen molar-refractivity contribution >= 4 is 23.8 Å². The number of aromatic nitrogens is 6. The fourth-order valence-electron chi connectivity index (χ4n) is 3.30. The van der Waals surface area contributed by atoms with Gasteiger partial charge in [0.2, 0.25) is 23.8 Å². The number of morpholine rings is 1. The van der Waals surface area contributed by atoms with Crippen molar-refractivity contribution in [2.75, 3.05) is 48.4 Å². The number of amides is 1. The number of nitrogens with one attached hydrogen (secondary N) is 2. The van der Waals surface area contributed by atoms with Crippen LogP contribution >= 0.6 is 0 Å². The van der Waals surface area contributed by atoms with Crippen LogP contribution in [0.2, 0.25) is 0 Å². The first-order valence-electron chi connectivity index (χ1n) is 10.7. The lowest BCUT2D eigenvalue weighted by molar-refractivity contribution is -0.140. The maximum absolute atomic E-state index is 13.9. The molecule has 0 atom stereocenters. The van der Waals surface area contributed by atoms with E-state index in [4.69, 9.17) is 4.74 Å². The van der Waals surface area contributed by atoms with E-state index in [-0.39, 0.29) is 17.7 Å². The van der Waals surface area contributed by atoms with Crippen molar-refractivity contribution in [3.8, 4) is 11.4 Å². The number of hydrogen-bond acceptors (Lipinski definition) is 10. The van der Waals surface area contributed by atoms with Crippen LogP contribution in [0.3, 0.4) is 0 Å². The molecule has 3 aromatic rings. The Kier molecular flexibility index (Phi) is 7.29. The summed E-state index contributed by atoms with van der Waals surface area (Å²) in [6, 6.07) is 5.54. The number of carbonyl (C=O) groups is 1. The number of carbonyl (C=O) groups excluding carboxylic acids is 1. The minimum Gasteiger partial charge on any atom is -0.378 e. The van der Waals surface area contributed by atoms with Gasteiger partial charge in [0, 0.05) is 51.1 Å². The van der Waals surface area contributed by atoms with Gasteiger partial charge >= 0.3 is 6.18 Å². The molecule has 4 rings (SSSR count). The SMILES string of the molecule is CC(=O)Nc1ncc(-c2nc(NCCc3ccccn3)nc(N3CCOCC3)n2)c(C(F)(F)F)n1. The molecule has 1 amide bonds. The Morgan fingerprint density at radius 3 is 2.57 bits per heavy atom. The normalized spacial score (nSPS) is 14.0. The number of alkyl halides is 3.